The predicted octanol–water partition coefficient (Wildman–Crippen LogP) is 4.70. The Bertz CT molecular complexity index is 930. The number of anilines is 2. The molecule has 0 unspecified atom stereocenters. The number of aromatic nitrogens is 2. The lowest BCUT2D eigenvalue weighted by atomic mass is 10.1. The minimum Gasteiger partial charge on any atom is -0.356 e. The molecule has 1 aromatic heterocycles. The number of rotatable bonds is 5. The minimum atomic E-state index is -0.384. The zero-order valence-corrected chi connectivity index (χ0v) is 18.5. The monoisotopic (exact) mass is 447 g/mol. The third-order valence-electron chi connectivity index (χ3n) is 5.68. The molecule has 0 N–H and O–H groups in total. The molecule has 30 heavy (non-hydrogen) atoms. The van der Waals surface area contributed by atoms with Gasteiger partial charge in [-0.2, -0.15) is 4.98 Å². The molecule has 2 saturated heterocycles. The van der Waals surface area contributed by atoms with Crippen LogP contribution in [0.15, 0.2) is 51.9 Å². The van der Waals surface area contributed by atoms with Crippen LogP contribution in [-0.2, 0) is 0 Å². The maximum atomic E-state index is 13.1. The molecule has 0 atom stereocenters. The maximum absolute atomic E-state index is 13.1. The van der Waals surface area contributed by atoms with Crippen molar-refractivity contribution < 1.29 is 0 Å². The molecular weight excluding hydrogens is 421 g/mol. The second-order valence-corrected chi connectivity index (χ2v) is 8.68. The van der Waals surface area contributed by atoms with E-state index in [1.807, 2.05) is 41.4 Å². The van der Waals surface area contributed by atoms with Gasteiger partial charge in [-0.25, -0.2) is 14.4 Å². The van der Waals surface area contributed by atoms with Gasteiger partial charge in [0, 0.05) is 32.4 Å². The lowest BCUT2D eigenvalue weighted by Gasteiger charge is -2.40. The average Bonchev–Trinajstić information content (AvgIpc) is 2.79. The maximum Gasteiger partial charge on any atom is 0.355 e. The lowest BCUT2D eigenvalue weighted by molar-refractivity contribution is 0.230. The number of hydrogen-bond donors (Lipinski definition) is 0. The summed E-state index contributed by atoms with van der Waals surface area (Å²) < 4.78 is 1.48. The van der Waals surface area contributed by atoms with Crippen LogP contribution < -0.4 is 15.6 Å². The van der Waals surface area contributed by atoms with Gasteiger partial charge in [0.05, 0.1) is 5.69 Å². The average molecular weight is 448 g/mol. The molecule has 0 radical (unpaired) electrons. The Hall–Kier alpha value is -2.02. The van der Waals surface area contributed by atoms with E-state index in [9.17, 15) is 4.79 Å². The molecule has 1 aromatic carbocycles. The van der Waals surface area contributed by atoms with Crippen molar-refractivity contribution in [2.24, 2.45) is 0 Å². The number of para-hydroxylation sites is 1. The molecule has 2 aromatic rings. The van der Waals surface area contributed by atoms with Gasteiger partial charge in [0.25, 0.3) is 0 Å². The van der Waals surface area contributed by atoms with Crippen molar-refractivity contribution in [1.82, 2.24) is 14.6 Å². The highest BCUT2D eigenvalue weighted by Gasteiger charge is 2.27. The molecule has 160 valence electrons. The standard InChI is InChI=1S/C22H27Cl2N5O/c23-20(24)21(28-17-12-19(25-22(28)30)26-13-6-2-7-14-26)29(18-10-4-1-5-11-18)27-15-8-3-9-16-27/h1,4-5,10-12,17H,2-3,6-9,13-16H2. The predicted molar refractivity (Wildman–Crippen MR) is 124 cm³/mol. The molecular formula is C22H27Cl2N5O. The van der Waals surface area contributed by atoms with Crippen molar-refractivity contribution in [1.29, 1.82) is 0 Å². The van der Waals surface area contributed by atoms with Gasteiger partial charge in [0.15, 0.2) is 5.82 Å². The highest BCUT2D eigenvalue weighted by Crippen LogP contribution is 2.31. The van der Waals surface area contributed by atoms with Crippen LogP contribution in [0.25, 0.3) is 5.82 Å². The van der Waals surface area contributed by atoms with Gasteiger partial charge < -0.3 is 4.90 Å². The van der Waals surface area contributed by atoms with Gasteiger partial charge in [-0.3, -0.25) is 5.01 Å². The van der Waals surface area contributed by atoms with Crippen molar-refractivity contribution in [3.8, 4) is 0 Å². The first-order chi connectivity index (χ1) is 14.6. The van der Waals surface area contributed by atoms with Crippen LogP contribution in [0.3, 0.4) is 0 Å². The number of nitrogens with zero attached hydrogens (tertiary/aromatic N) is 5. The highest BCUT2D eigenvalue weighted by molar-refractivity contribution is 6.58. The molecule has 8 heteroatoms. The van der Waals surface area contributed by atoms with E-state index in [1.165, 1.54) is 17.4 Å². The molecule has 0 bridgehead atoms. The summed E-state index contributed by atoms with van der Waals surface area (Å²) in [6.07, 6.45) is 8.57. The summed E-state index contributed by atoms with van der Waals surface area (Å²) in [4.78, 5) is 19.6. The molecule has 0 saturated carbocycles. The van der Waals surface area contributed by atoms with Crippen LogP contribution in [0, 0.1) is 0 Å². The fourth-order valence-corrected chi connectivity index (χ4v) is 4.54. The number of hydrazine groups is 1. The zero-order chi connectivity index (χ0) is 20.9. The van der Waals surface area contributed by atoms with Crippen LogP contribution in [0.5, 0.6) is 0 Å². The molecule has 6 nitrogen and oxygen atoms in total. The molecule has 0 aliphatic carbocycles. The topological polar surface area (TPSA) is 44.6 Å². The normalized spacial score (nSPS) is 17.6. The second kappa shape index (κ2) is 9.86. The van der Waals surface area contributed by atoms with Crippen LogP contribution in [0.4, 0.5) is 11.5 Å². The minimum absolute atomic E-state index is 0.0269. The van der Waals surface area contributed by atoms with E-state index in [0.717, 1.165) is 57.5 Å². The van der Waals surface area contributed by atoms with Crippen molar-refractivity contribution in [2.45, 2.75) is 38.5 Å². The van der Waals surface area contributed by atoms with E-state index in [4.69, 9.17) is 23.2 Å². The van der Waals surface area contributed by atoms with Crippen molar-refractivity contribution in [3.05, 3.63) is 57.6 Å². The van der Waals surface area contributed by atoms with Gasteiger partial charge in [-0.1, -0.05) is 47.8 Å². The quantitative estimate of drug-likeness (QED) is 0.664. The fraction of sp³-hybridized carbons (Fsp3) is 0.455. The Morgan fingerprint density at radius 1 is 0.867 bits per heavy atom. The van der Waals surface area contributed by atoms with Gasteiger partial charge in [-0.05, 0) is 50.3 Å². The van der Waals surface area contributed by atoms with E-state index >= 15 is 0 Å². The number of benzene rings is 1. The van der Waals surface area contributed by atoms with Crippen LogP contribution in [0.1, 0.15) is 38.5 Å². The van der Waals surface area contributed by atoms with E-state index < -0.39 is 0 Å². The summed E-state index contributed by atoms with van der Waals surface area (Å²) in [5.41, 5.74) is 0.519. The zero-order valence-electron chi connectivity index (χ0n) is 17.0. The first-order valence-corrected chi connectivity index (χ1v) is 11.4. The van der Waals surface area contributed by atoms with E-state index in [-0.39, 0.29) is 10.2 Å². The van der Waals surface area contributed by atoms with Gasteiger partial charge in [-0.15, -0.1) is 0 Å². The summed E-state index contributed by atoms with van der Waals surface area (Å²) in [7, 11) is 0. The van der Waals surface area contributed by atoms with Gasteiger partial charge in [0.2, 0.25) is 0 Å². The summed E-state index contributed by atoms with van der Waals surface area (Å²) >= 11 is 12.8. The molecule has 2 aliphatic heterocycles. The Balaban J connectivity index is 1.74. The Labute approximate surface area is 187 Å². The van der Waals surface area contributed by atoms with E-state index in [2.05, 4.69) is 14.9 Å². The van der Waals surface area contributed by atoms with E-state index in [0.29, 0.717) is 11.6 Å². The number of piperidine rings is 2. The van der Waals surface area contributed by atoms with Crippen LogP contribution in [-0.4, -0.2) is 40.7 Å². The fourth-order valence-electron chi connectivity index (χ4n) is 4.19. The first-order valence-electron chi connectivity index (χ1n) is 10.7. The Morgan fingerprint density at radius 3 is 2.10 bits per heavy atom. The van der Waals surface area contributed by atoms with Crippen molar-refractivity contribution >= 4 is 40.5 Å². The van der Waals surface area contributed by atoms with Crippen molar-refractivity contribution in [3.63, 3.8) is 0 Å². The molecule has 3 heterocycles. The number of hydrogen-bond acceptors (Lipinski definition) is 5. The third kappa shape index (κ3) is 4.66. The highest BCUT2D eigenvalue weighted by atomic mass is 35.5. The summed E-state index contributed by atoms with van der Waals surface area (Å²) in [5.74, 6) is 1.12. The molecule has 0 spiro atoms. The molecule has 2 fully saturated rings. The van der Waals surface area contributed by atoms with E-state index in [1.54, 1.807) is 6.20 Å². The summed E-state index contributed by atoms with van der Waals surface area (Å²) in [6, 6.07) is 11.8. The van der Waals surface area contributed by atoms with Gasteiger partial charge >= 0.3 is 5.69 Å². The molecule has 2 aliphatic rings. The van der Waals surface area contributed by atoms with Crippen LogP contribution in [0.2, 0.25) is 0 Å². The largest absolute Gasteiger partial charge is 0.356 e. The van der Waals surface area contributed by atoms with Crippen molar-refractivity contribution in [2.75, 3.05) is 36.1 Å². The Morgan fingerprint density at radius 2 is 1.50 bits per heavy atom. The third-order valence-corrected chi connectivity index (χ3v) is 6.02. The smallest absolute Gasteiger partial charge is 0.355 e. The second-order valence-electron chi connectivity index (χ2n) is 7.73. The summed E-state index contributed by atoms with van der Waals surface area (Å²) in [6.45, 7) is 3.60. The summed E-state index contributed by atoms with van der Waals surface area (Å²) in [5, 5.41) is 4.15. The van der Waals surface area contributed by atoms with Crippen LogP contribution >= 0.6 is 23.2 Å². The molecule has 4 rings (SSSR count). The lowest BCUT2D eigenvalue weighted by Crippen LogP contribution is -2.47. The van der Waals surface area contributed by atoms with Gasteiger partial charge in [0.1, 0.15) is 10.3 Å². The molecule has 0 amide bonds. The number of halogens is 2. The first kappa shape index (κ1) is 21.2. The Kier molecular flexibility index (Phi) is 6.97. The SMILES string of the molecule is O=c1nc(N2CCCCC2)ccn1C(=C(Cl)Cl)N(c1ccccc1)N1CCCCC1.